The van der Waals surface area contributed by atoms with Crippen LogP contribution in [-0.4, -0.2) is 70.2 Å². The Bertz CT molecular complexity index is 1880. The summed E-state index contributed by atoms with van der Waals surface area (Å²) in [5, 5.41) is 35.8. The summed E-state index contributed by atoms with van der Waals surface area (Å²) in [6.07, 6.45) is 7.41. The molecule has 3 fully saturated rings. The van der Waals surface area contributed by atoms with E-state index in [0.717, 1.165) is 43.2 Å². The minimum absolute atomic E-state index is 0.0525. The highest BCUT2D eigenvalue weighted by Gasteiger charge is 2.49. The second-order valence-electron chi connectivity index (χ2n) is 14.6. The summed E-state index contributed by atoms with van der Waals surface area (Å²) in [5.41, 5.74) is 8.69. The number of carbonyl (C=O) groups excluding carboxylic acids is 1. The van der Waals surface area contributed by atoms with E-state index in [9.17, 15) is 20.1 Å². The van der Waals surface area contributed by atoms with Gasteiger partial charge in [0.2, 0.25) is 5.75 Å². The fourth-order valence-electron chi connectivity index (χ4n) is 8.58. The Morgan fingerprint density at radius 3 is 2.74 bits per heavy atom. The van der Waals surface area contributed by atoms with Crippen LogP contribution < -0.4 is 20.5 Å². The fraction of sp³-hybridized carbons (Fsp3) is 0.488. The lowest BCUT2D eigenvalue weighted by Crippen LogP contribution is -2.52. The van der Waals surface area contributed by atoms with E-state index in [0.29, 0.717) is 36.5 Å². The first kappa shape index (κ1) is 36.2. The molecule has 12 heteroatoms. The molecule has 0 unspecified atom stereocenters. The summed E-state index contributed by atoms with van der Waals surface area (Å²) in [6, 6.07) is 12.4. The average molecular weight is 725 g/mol. The highest BCUT2D eigenvalue weighted by molar-refractivity contribution is 5.78. The monoisotopic (exact) mass is 724 g/mol. The van der Waals surface area contributed by atoms with Gasteiger partial charge in [-0.1, -0.05) is 24.0 Å². The van der Waals surface area contributed by atoms with Crippen LogP contribution in [0.2, 0.25) is 0 Å². The first-order valence-corrected chi connectivity index (χ1v) is 18.6. The number of nitrogens with two attached hydrogens (primary N) is 1. The van der Waals surface area contributed by atoms with Crippen molar-refractivity contribution >= 4 is 11.9 Å². The number of ether oxygens (including phenoxy) is 4. The van der Waals surface area contributed by atoms with Gasteiger partial charge < -0.3 is 45.3 Å². The van der Waals surface area contributed by atoms with Crippen LogP contribution in [0.4, 0.5) is 0 Å². The molecule has 3 aromatic rings. The molecule has 9 atom stereocenters. The molecule has 1 aromatic heterocycles. The van der Waals surface area contributed by atoms with Crippen molar-refractivity contribution in [3.63, 3.8) is 0 Å². The third-order valence-electron chi connectivity index (χ3n) is 11.2. The lowest BCUT2D eigenvalue weighted by molar-refractivity contribution is -0.196. The maximum atomic E-state index is 12.5. The van der Waals surface area contributed by atoms with E-state index < -0.39 is 12.2 Å². The molecule has 53 heavy (non-hydrogen) atoms. The Labute approximate surface area is 309 Å². The molecule has 280 valence electrons. The summed E-state index contributed by atoms with van der Waals surface area (Å²) < 4.78 is 25.5. The van der Waals surface area contributed by atoms with Crippen molar-refractivity contribution in [2.75, 3.05) is 13.7 Å². The van der Waals surface area contributed by atoms with Gasteiger partial charge in [-0.3, -0.25) is 14.8 Å². The number of guanidine groups is 1. The Morgan fingerprint density at radius 1 is 1.08 bits per heavy atom. The molecule has 0 spiro atoms. The van der Waals surface area contributed by atoms with Crippen LogP contribution in [-0.2, 0) is 27.1 Å². The molecular formula is C41H48N4O8. The summed E-state index contributed by atoms with van der Waals surface area (Å²) in [7, 11) is 1.65. The molecule has 3 heterocycles. The van der Waals surface area contributed by atoms with Crippen LogP contribution in [0.1, 0.15) is 68.2 Å². The summed E-state index contributed by atoms with van der Waals surface area (Å²) in [4.78, 5) is 20.8. The van der Waals surface area contributed by atoms with Crippen molar-refractivity contribution in [1.82, 2.24) is 10.3 Å². The Morgan fingerprint density at radius 2 is 1.94 bits per heavy atom. The normalized spacial score (nSPS) is 29.3. The molecule has 2 bridgehead atoms. The first-order chi connectivity index (χ1) is 25.7. The van der Waals surface area contributed by atoms with Crippen molar-refractivity contribution in [3.05, 3.63) is 71.5 Å². The van der Waals surface area contributed by atoms with Gasteiger partial charge in [0.15, 0.2) is 29.0 Å². The van der Waals surface area contributed by atoms with Crippen LogP contribution in [0.15, 0.2) is 59.9 Å². The third-order valence-corrected chi connectivity index (χ3v) is 11.2. The zero-order valence-corrected chi connectivity index (χ0v) is 30.1. The number of fused-ring (bicyclic) bond motifs is 6. The minimum atomic E-state index is -0.580. The lowest BCUT2D eigenvalue weighted by atomic mass is 9.66. The molecule has 2 aliphatic heterocycles. The molecule has 4 aliphatic rings. The SMILES string of the molecule is CN=C(N)N[C@H]1CCC[C@@H]2Oc3cc(ccc3O)C[C@H]3[C@H]4O[C@H](c5cc(O)c(O)c(OCCc6cccnc6)c5)C[C@@H](OC(C)=O)[C@@H]4CC[C@@H]3C#C[C@@H]12. The maximum Gasteiger partial charge on any atom is 0.302 e. The highest BCUT2D eigenvalue weighted by Crippen LogP contribution is 2.50. The standard InChI is InChI=1S/C41H48N4O8/c1-23(46)51-36-21-35(27-19-33(48)39(49)38(20-27)50-16-14-24-5-4-15-44-22-24)53-40-29(36)12-10-26-9-11-28-31(45-41(42)43-2)6-3-7-34(28)52-37-18-25(17-30(26)40)8-13-32(37)47/h4-5,8,13,15,18-20,22,26,28-31,34-36,40,47-49H,3,6-7,10,12,14,16-17,21H2,1-2H3,(H3,42,43,45)/t26-,28-,29-,30+,31-,34-,35-,36+,40-/m0/s1. The topological polar surface area (TPSA) is 178 Å². The number of aromatic hydroxyl groups is 3. The number of aromatic nitrogens is 1. The number of pyridine rings is 1. The molecule has 6 N–H and O–H groups in total. The lowest BCUT2D eigenvalue weighted by Gasteiger charge is -2.49. The van der Waals surface area contributed by atoms with Gasteiger partial charge >= 0.3 is 5.97 Å². The smallest absolute Gasteiger partial charge is 0.302 e. The molecule has 2 aliphatic carbocycles. The maximum absolute atomic E-state index is 12.5. The second-order valence-corrected chi connectivity index (χ2v) is 14.6. The van der Waals surface area contributed by atoms with Crippen molar-refractivity contribution in [1.29, 1.82) is 0 Å². The third kappa shape index (κ3) is 8.10. The van der Waals surface area contributed by atoms with Crippen LogP contribution in [0, 0.1) is 35.5 Å². The number of rotatable bonds is 7. The van der Waals surface area contributed by atoms with E-state index in [2.05, 4.69) is 27.1 Å². The zero-order valence-electron chi connectivity index (χ0n) is 30.1. The Balaban J connectivity index is 1.22. The Hall–Kier alpha value is -5.15. The molecule has 2 saturated carbocycles. The van der Waals surface area contributed by atoms with Crippen LogP contribution in [0.3, 0.4) is 0 Å². The number of benzene rings is 2. The van der Waals surface area contributed by atoms with E-state index in [4.69, 9.17) is 24.7 Å². The number of aliphatic imine (C=N–C) groups is 1. The quantitative estimate of drug-likeness (QED) is 0.0734. The van der Waals surface area contributed by atoms with Gasteiger partial charge in [0.1, 0.15) is 12.2 Å². The van der Waals surface area contributed by atoms with Gasteiger partial charge in [0.05, 0.1) is 24.7 Å². The zero-order chi connectivity index (χ0) is 37.1. The van der Waals surface area contributed by atoms with Crippen molar-refractivity contribution < 1.29 is 39.1 Å². The van der Waals surface area contributed by atoms with Crippen LogP contribution in [0.5, 0.6) is 28.7 Å². The van der Waals surface area contributed by atoms with Crippen molar-refractivity contribution in [2.45, 2.75) is 88.7 Å². The molecule has 0 amide bonds. The van der Waals surface area contributed by atoms with Gasteiger partial charge in [-0.2, -0.15) is 0 Å². The molecule has 7 rings (SSSR count). The fourth-order valence-corrected chi connectivity index (χ4v) is 8.58. The number of nitrogens with one attached hydrogen (secondary N) is 1. The highest BCUT2D eigenvalue weighted by atomic mass is 16.6. The van der Waals surface area contributed by atoms with Gasteiger partial charge in [-0.15, -0.1) is 0 Å². The summed E-state index contributed by atoms with van der Waals surface area (Å²) in [5.74, 6) is 6.73. The van der Waals surface area contributed by atoms with E-state index in [1.807, 2.05) is 24.3 Å². The number of nitrogens with zero attached hydrogens (tertiary/aromatic N) is 2. The summed E-state index contributed by atoms with van der Waals surface area (Å²) >= 11 is 0. The van der Waals surface area contributed by atoms with E-state index in [-0.39, 0.29) is 77.5 Å². The van der Waals surface area contributed by atoms with Gasteiger partial charge in [0.25, 0.3) is 0 Å². The predicted octanol–water partition coefficient (Wildman–Crippen LogP) is 4.93. The van der Waals surface area contributed by atoms with Gasteiger partial charge in [-0.05, 0) is 85.5 Å². The summed E-state index contributed by atoms with van der Waals surface area (Å²) in [6.45, 7) is 1.68. The molecule has 12 nitrogen and oxygen atoms in total. The van der Waals surface area contributed by atoms with Gasteiger partial charge in [-0.25, -0.2) is 0 Å². The number of esters is 1. The van der Waals surface area contributed by atoms with Crippen molar-refractivity contribution in [3.8, 4) is 40.6 Å². The first-order valence-electron chi connectivity index (χ1n) is 18.6. The van der Waals surface area contributed by atoms with Gasteiger partial charge in [0, 0.05) is 63.0 Å². The van der Waals surface area contributed by atoms with E-state index >= 15 is 0 Å². The van der Waals surface area contributed by atoms with E-state index in [1.54, 1.807) is 31.6 Å². The number of hydrogen-bond acceptors (Lipinski definition) is 10. The second kappa shape index (κ2) is 15.8. The minimum Gasteiger partial charge on any atom is -0.504 e. The number of phenols is 3. The van der Waals surface area contributed by atoms with Crippen LogP contribution >= 0.6 is 0 Å². The predicted molar refractivity (Wildman–Crippen MR) is 197 cm³/mol. The molecule has 1 saturated heterocycles. The molecule has 0 radical (unpaired) electrons. The number of phenolic OH excluding ortho intramolecular Hbond substituents is 3. The molecular weight excluding hydrogens is 676 g/mol. The van der Waals surface area contributed by atoms with E-state index in [1.165, 1.54) is 13.0 Å². The number of hydrogen-bond donors (Lipinski definition) is 5. The Kier molecular flexibility index (Phi) is 10.8. The average Bonchev–Trinajstić information content (AvgIpc) is 3.17. The molecule has 2 aromatic carbocycles. The largest absolute Gasteiger partial charge is 0.504 e. The van der Waals surface area contributed by atoms with Crippen molar-refractivity contribution in [2.24, 2.45) is 34.4 Å². The van der Waals surface area contributed by atoms with Crippen LogP contribution in [0.25, 0.3) is 0 Å². The number of carbonyl (C=O) groups is 1.